The summed E-state index contributed by atoms with van der Waals surface area (Å²) in [7, 11) is -6.13. The third-order valence-corrected chi connectivity index (χ3v) is 10.6. The monoisotopic (exact) mass is 611 g/mol. The lowest BCUT2D eigenvalue weighted by molar-refractivity contribution is -0.118. The number of hydrogen-bond donors (Lipinski definition) is 4. The smallest absolute Gasteiger partial charge is 0.262 e. The highest BCUT2D eigenvalue weighted by molar-refractivity contribution is 7.89. The van der Waals surface area contributed by atoms with Crippen molar-refractivity contribution in [1.29, 1.82) is 0 Å². The molecule has 2 saturated heterocycles. The third-order valence-electron chi connectivity index (χ3n) is 7.36. The second-order valence-electron chi connectivity index (χ2n) is 10.2. The van der Waals surface area contributed by atoms with Gasteiger partial charge in [0.2, 0.25) is 15.9 Å². The molecule has 2 fully saturated rings. The van der Waals surface area contributed by atoms with Crippen molar-refractivity contribution in [3.05, 3.63) is 36.4 Å². The fourth-order valence-corrected chi connectivity index (χ4v) is 7.22. The molecule has 0 radical (unpaired) electrons. The second-order valence-corrected chi connectivity index (χ2v) is 14.0. The van der Waals surface area contributed by atoms with Gasteiger partial charge in [0.25, 0.3) is 15.9 Å². The number of benzene rings is 1. The van der Waals surface area contributed by atoms with Gasteiger partial charge < -0.3 is 30.0 Å². The average Bonchev–Trinajstić information content (AvgIpc) is 3.37. The van der Waals surface area contributed by atoms with Crippen LogP contribution in [-0.4, -0.2) is 101 Å². The summed E-state index contributed by atoms with van der Waals surface area (Å²) in [5.41, 5.74) is -0.123. The number of rotatable bonds is 10. The number of amides is 1. The maximum absolute atomic E-state index is 13.2. The molecule has 2 aromatic rings. The van der Waals surface area contributed by atoms with Crippen molar-refractivity contribution in [3.8, 4) is 11.6 Å². The van der Waals surface area contributed by atoms with E-state index in [1.54, 1.807) is 12.1 Å². The van der Waals surface area contributed by atoms with E-state index in [-0.39, 0.29) is 60.6 Å². The van der Waals surface area contributed by atoms with E-state index in [1.165, 1.54) is 35.6 Å². The molecule has 16 heteroatoms. The number of carbonyl (C=O) groups excluding carboxylic acids is 1. The normalized spacial score (nSPS) is 21.6. The van der Waals surface area contributed by atoms with Crippen LogP contribution < -0.4 is 24.8 Å². The molecular weight excluding hydrogens is 578 g/mol. The molecule has 14 nitrogen and oxygen atoms in total. The third kappa shape index (κ3) is 6.63. The van der Waals surface area contributed by atoms with Crippen LogP contribution in [0.3, 0.4) is 0 Å². The molecule has 5 rings (SSSR count). The van der Waals surface area contributed by atoms with E-state index in [9.17, 15) is 26.7 Å². The Morgan fingerprint density at radius 3 is 2.76 bits per heavy atom. The van der Waals surface area contributed by atoms with Crippen molar-refractivity contribution in [2.75, 3.05) is 51.8 Å². The fraction of sp³-hybridized carbons (Fsp3) is 0.520. The van der Waals surface area contributed by atoms with Crippen LogP contribution in [0.15, 0.2) is 46.3 Å². The van der Waals surface area contributed by atoms with Gasteiger partial charge in [-0.1, -0.05) is 6.07 Å². The van der Waals surface area contributed by atoms with Gasteiger partial charge in [0.1, 0.15) is 24.1 Å². The molecule has 1 spiro atoms. The topological polar surface area (TPSA) is 185 Å². The molecule has 0 saturated carbocycles. The highest BCUT2D eigenvalue weighted by atomic mass is 32.2. The van der Waals surface area contributed by atoms with Gasteiger partial charge in [0, 0.05) is 31.7 Å². The maximum Gasteiger partial charge on any atom is 0.262 e. The molecule has 41 heavy (non-hydrogen) atoms. The quantitative estimate of drug-likeness (QED) is 0.276. The first-order valence-corrected chi connectivity index (χ1v) is 16.1. The molecule has 4 heterocycles. The summed E-state index contributed by atoms with van der Waals surface area (Å²) in [5, 5.41) is 16.1. The first-order valence-electron chi connectivity index (χ1n) is 13.2. The Hall–Kier alpha value is -2.86. The van der Waals surface area contributed by atoms with Crippen LogP contribution in [0.1, 0.15) is 19.3 Å². The SMILES string of the molecule is CNS(=O)(=O)c1cccc(OC[C@@H](O)CN[C@H]2COC3(CCN(S(=O)(=O)c4ccc5c(n4)OCC(=O)N5)CC3)C2)c1. The lowest BCUT2D eigenvalue weighted by Crippen LogP contribution is -2.47. The minimum atomic E-state index is -3.86. The molecule has 1 amide bonds. The average molecular weight is 612 g/mol. The zero-order valence-electron chi connectivity index (χ0n) is 22.4. The van der Waals surface area contributed by atoms with Crippen molar-refractivity contribution in [1.82, 2.24) is 19.3 Å². The van der Waals surface area contributed by atoms with Crippen LogP contribution in [0, 0.1) is 0 Å². The Bertz CT molecular complexity index is 1490. The second kappa shape index (κ2) is 11.8. The minimum absolute atomic E-state index is 0.0217. The first kappa shape index (κ1) is 29.6. The number of ether oxygens (including phenoxy) is 3. The summed E-state index contributed by atoms with van der Waals surface area (Å²) in [4.78, 5) is 15.6. The number of nitrogens with one attached hydrogen (secondary N) is 3. The van der Waals surface area contributed by atoms with E-state index in [0.29, 0.717) is 37.3 Å². The summed E-state index contributed by atoms with van der Waals surface area (Å²) in [5.74, 6) is 0.0826. The first-order chi connectivity index (χ1) is 19.5. The zero-order valence-corrected chi connectivity index (χ0v) is 24.0. The van der Waals surface area contributed by atoms with Gasteiger partial charge in [-0.05, 0) is 50.6 Å². The van der Waals surface area contributed by atoms with Crippen molar-refractivity contribution in [3.63, 3.8) is 0 Å². The number of carbonyl (C=O) groups is 1. The zero-order chi connectivity index (χ0) is 29.3. The largest absolute Gasteiger partial charge is 0.491 e. The van der Waals surface area contributed by atoms with Gasteiger partial charge in [-0.2, -0.15) is 9.29 Å². The Morgan fingerprint density at radius 1 is 1.22 bits per heavy atom. The summed E-state index contributed by atoms with van der Waals surface area (Å²) < 4.78 is 71.0. The van der Waals surface area contributed by atoms with Crippen LogP contribution in [0.5, 0.6) is 11.6 Å². The molecule has 3 aliphatic heterocycles. The molecular formula is C25H33N5O9S2. The number of pyridine rings is 1. The van der Waals surface area contributed by atoms with E-state index in [0.717, 1.165) is 0 Å². The lowest BCUT2D eigenvalue weighted by atomic mass is 9.88. The number of aliphatic hydroxyl groups excluding tert-OH is 1. The Balaban J connectivity index is 1.08. The standard InChI is InChI=1S/C25H33N5O9S2/c1-26-40(33,34)20-4-2-3-19(11-20)37-15-18(31)13-27-17-12-25(39-14-17)7-9-30(10-8-25)41(35,36)23-6-5-21-24(29-23)38-16-22(32)28-21/h2-6,11,17-18,26-27,31H,7-10,12-16H2,1H3,(H,28,32)/t17-,18+/m1/s1. The molecule has 0 bridgehead atoms. The van der Waals surface area contributed by atoms with Gasteiger partial charge in [-0.15, -0.1) is 0 Å². The number of aliphatic hydroxyl groups is 1. The fourth-order valence-electron chi connectivity index (χ4n) is 5.09. The molecule has 3 aliphatic rings. The molecule has 4 N–H and O–H groups in total. The molecule has 0 unspecified atom stereocenters. The molecule has 224 valence electrons. The number of aromatic nitrogens is 1. The summed E-state index contributed by atoms with van der Waals surface area (Å²) in [6, 6.07) is 8.83. The van der Waals surface area contributed by atoms with Crippen molar-refractivity contribution >= 4 is 31.6 Å². The van der Waals surface area contributed by atoms with E-state index in [1.807, 2.05) is 0 Å². The molecule has 0 aliphatic carbocycles. The minimum Gasteiger partial charge on any atom is -0.491 e. The molecule has 1 aromatic carbocycles. The number of fused-ring (bicyclic) bond motifs is 1. The van der Waals surface area contributed by atoms with E-state index in [2.05, 4.69) is 20.3 Å². The highest BCUT2D eigenvalue weighted by Crippen LogP contribution is 2.37. The summed E-state index contributed by atoms with van der Waals surface area (Å²) >= 11 is 0. The number of sulfonamides is 2. The number of hydrogen-bond acceptors (Lipinski definition) is 11. The molecule has 1 aromatic heterocycles. The van der Waals surface area contributed by atoms with Gasteiger partial charge in [-0.3, -0.25) is 4.79 Å². The lowest BCUT2D eigenvalue weighted by Gasteiger charge is -2.37. The number of piperidine rings is 1. The van der Waals surface area contributed by atoms with Gasteiger partial charge in [0.05, 0.1) is 17.1 Å². The van der Waals surface area contributed by atoms with E-state index in [4.69, 9.17) is 14.2 Å². The van der Waals surface area contributed by atoms with Crippen LogP contribution in [0.4, 0.5) is 5.69 Å². The van der Waals surface area contributed by atoms with Gasteiger partial charge >= 0.3 is 0 Å². The van der Waals surface area contributed by atoms with Crippen LogP contribution >= 0.6 is 0 Å². The van der Waals surface area contributed by atoms with Crippen LogP contribution in [0.25, 0.3) is 0 Å². The predicted molar refractivity (Wildman–Crippen MR) is 146 cm³/mol. The van der Waals surface area contributed by atoms with Crippen LogP contribution in [0.2, 0.25) is 0 Å². The Morgan fingerprint density at radius 2 is 2.00 bits per heavy atom. The Labute approximate surface area is 238 Å². The number of anilines is 1. The summed E-state index contributed by atoms with van der Waals surface area (Å²) in [6.07, 6.45) is 0.853. The summed E-state index contributed by atoms with van der Waals surface area (Å²) in [6.45, 7) is 0.957. The van der Waals surface area contributed by atoms with Crippen molar-refractivity contribution < 1.29 is 40.9 Å². The van der Waals surface area contributed by atoms with Gasteiger partial charge in [0.15, 0.2) is 11.6 Å². The van der Waals surface area contributed by atoms with Crippen LogP contribution in [-0.2, 0) is 29.6 Å². The Kier molecular flexibility index (Phi) is 8.52. The van der Waals surface area contributed by atoms with Crippen molar-refractivity contribution in [2.24, 2.45) is 0 Å². The van der Waals surface area contributed by atoms with Crippen molar-refractivity contribution in [2.45, 2.75) is 46.9 Å². The van der Waals surface area contributed by atoms with E-state index < -0.39 is 31.8 Å². The maximum atomic E-state index is 13.2. The highest BCUT2D eigenvalue weighted by Gasteiger charge is 2.45. The number of nitrogens with zero attached hydrogens (tertiary/aromatic N) is 2. The molecule has 2 atom stereocenters. The van der Waals surface area contributed by atoms with Gasteiger partial charge in [-0.25, -0.2) is 21.6 Å². The predicted octanol–water partition coefficient (Wildman–Crippen LogP) is -0.338. The van der Waals surface area contributed by atoms with E-state index >= 15 is 0 Å².